The Balaban J connectivity index is 1.91. The smallest absolute Gasteiger partial charge is 0.338 e. The molecule has 1 aromatic rings. The maximum absolute atomic E-state index is 12.8. The summed E-state index contributed by atoms with van der Waals surface area (Å²) in [6.07, 6.45) is 1.90. The Morgan fingerprint density at radius 3 is 2.42 bits per heavy atom. The van der Waals surface area contributed by atoms with E-state index in [2.05, 4.69) is 27.0 Å². The highest BCUT2D eigenvalue weighted by Crippen LogP contribution is 2.34. The Morgan fingerprint density at radius 2 is 1.81 bits per heavy atom. The molecule has 168 valence electrons. The second-order valence-electron chi connectivity index (χ2n) is 7.40. The maximum atomic E-state index is 12.8. The quantitative estimate of drug-likeness (QED) is 0.474. The summed E-state index contributed by atoms with van der Waals surface area (Å²) in [6.45, 7) is 8.55. The molecule has 2 amide bonds. The molecule has 1 saturated heterocycles. The molecule has 1 atom stereocenters. The van der Waals surface area contributed by atoms with E-state index in [0.29, 0.717) is 34.9 Å². The van der Waals surface area contributed by atoms with E-state index in [1.807, 2.05) is 6.08 Å². The molecule has 2 aliphatic heterocycles. The van der Waals surface area contributed by atoms with Gasteiger partial charge in [0.1, 0.15) is 0 Å². The van der Waals surface area contributed by atoms with Gasteiger partial charge in [0.05, 0.1) is 32.9 Å². The fourth-order valence-corrected chi connectivity index (χ4v) is 3.91. The van der Waals surface area contributed by atoms with Crippen molar-refractivity contribution in [1.29, 1.82) is 0 Å². The number of piperazine rings is 1. The second-order valence-corrected chi connectivity index (χ2v) is 7.40. The zero-order chi connectivity index (χ0) is 22.4. The molecule has 9 heteroatoms. The van der Waals surface area contributed by atoms with Gasteiger partial charge in [0, 0.05) is 45.0 Å². The lowest BCUT2D eigenvalue weighted by Crippen LogP contribution is -2.51. The van der Waals surface area contributed by atoms with Crippen molar-refractivity contribution in [3.8, 4) is 11.5 Å². The number of methoxy groups -OCH3 is 3. The van der Waals surface area contributed by atoms with E-state index in [1.165, 1.54) is 14.2 Å². The van der Waals surface area contributed by atoms with Gasteiger partial charge in [-0.1, -0.05) is 12.1 Å². The Hall–Kier alpha value is -3.04. The first-order chi connectivity index (χ1) is 15.0. The Bertz CT molecular complexity index is 861. The number of carbonyl (C=O) groups excluding carboxylic acids is 2. The molecule has 1 fully saturated rings. The lowest BCUT2D eigenvalue weighted by Gasteiger charge is -2.36. The average Bonchev–Trinajstić information content (AvgIpc) is 2.79. The molecule has 0 spiro atoms. The first kappa shape index (κ1) is 22.6. The van der Waals surface area contributed by atoms with Crippen LogP contribution in [0.25, 0.3) is 0 Å². The average molecular weight is 431 g/mol. The molecule has 9 nitrogen and oxygen atoms in total. The van der Waals surface area contributed by atoms with Gasteiger partial charge in [0.2, 0.25) is 0 Å². The molecule has 2 heterocycles. The van der Waals surface area contributed by atoms with Crippen molar-refractivity contribution in [3.05, 3.63) is 47.7 Å². The van der Waals surface area contributed by atoms with Crippen LogP contribution in [0.2, 0.25) is 0 Å². The summed E-state index contributed by atoms with van der Waals surface area (Å²) in [5.74, 6) is 0.581. The second kappa shape index (κ2) is 10.3. The lowest BCUT2D eigenvalue weighted by molar-refractivity contribution is -0.136. The molecule has 0 bridgehead atoms. The van der Waals surface area contributed by atoms with Crippen molar-refractivity contribution in [2.75, 3.05) is 60.6 Å². The predicted octanol–water partition coefficient (Wildman–Crippen LogP) is 1.29. The Kier molecular flexibility index (Phi) is 7.54. The summed E-state index contributed by atoms with van der Waals surface area (Å²) in [6, 6.07) is 4.26. The van der Waals surface area contributed by atoms with Crippen LogP contribution in [-0.2, 0) is 9.53 Å². The molecular formula is C22H30N4O5. The van der Waals surface area contributed by atoms with Gasteiger partial charge in [-0.3, -0.25) is 9.80 Å². The number of carbonyl (C=O) groups is 2. The number of urea groups is 1. The van der Waals surface area contributed by atoms with E-state index in [4.69, 9.17) is 14.2 Å². The van der Waals surface area contributed by atoms with Crippen LogP contribution < -0.4 is 20.1 Å². The number of nitrogens with one attached hydrogen (secondary N) is 2. The van der Waals surface area contributed by atoms with Crippen molar-refractivity contribution >= 4 is 12.0 Å². The molecule has 0 saturated carbocycles. The van der Waals surface area contributed by atoms with E-state index < -0.39 is 12.0 Å². The highest BCUT2D eigenvalue weighted by atomic mass is 16.5. The molecule has 0 radical (unpaired) electrons. The van der Waals surface area contributed by atoms with E-state index in [-0.39, 0.29) is 6.03 Å². The van der Waals surface area contributed by atoms with E-state index in [1.54, 1.807) is 25.3 Å². The monoisotopic (exact) mass is 430 g/mol. The topological polar surface area (TPSA) is 92.4 Å². The number of amides is 2. The number of hydrogen-bond donors (Lipinski definition) is 2. The third-order valence-corrected chi connectivity index (χ3v) is 5.53. The molecule has 2 N–H and O–H groups in total. The molecule has 0 aromatic heterocycles. The first-order valence-corrected chi connectivity index (χ1v) is 10.2. The van der Waals surface area contributed by atoms with Crippen LogP contribution in [0.4, 0.5) is 4.79 Å². The summed E-state index contributed by atoms with van der Waals surface area (Å²) in [5.41, 5.74) is 1.62. The van der Waals surface area contributed by atoms with Crippen molar-refractivity contribution in [2.45, 2.75) is 6.04 Å². The minimum absolute atomic E-state index is 0.368. The SMILES string of the molecule is C=CCN1CCN(CC2=C(C(=O)OC)C(c3ccc(OC)c(OC)c3)NC(=O)N2)CC1. The number of benzene rings is 1. The van der Waals surface area contributed by atoms with Crippen LogP contribution in [0.5, 0.6) is 11.5 Å². The summed E-state index contributed by atoms with van der Waals surface area (Å²) >= 11 is 0. The number of esters is 1. The fraction of sp³-hybridized carbons (Fsp3) is 0.455. The molecule has 2 aliphatic rings. The molecule has 3 rings (SSSR count). The molecular weight excluding hydrogens is 400 g/mol. The van der Waals surface area contributed by atoms with Crippen LogP contribution in [0, 0.1) is 0 Å². The van der Waals surface area contributed by atoms with Crippen LogP contribution >= 0.6 is 0 Å². The van der Waals surface area contributed by atoms with Crippen LogP contribution in [0.3, 0.4) is 0 Å². The minimum atomic E-state index is -0.668. The zero-order valence-corrected chi connectivity index (χ0v) is 18.3. The van der Waals surface area contributed by atoms with Gasteiger partial charge in [-0.15, -0.1) is 6.58 Å². The number of rotatable bonds is 8. The first-order valence-electron chi connectivity index (χ1n) is 10.2. The summed E-state index contributed by atoms with van der Waals surface area (Å²) < 4.78 is 15.8. The molecule has 31 heavy (non-hydrogen) atoms. The highest BCUT2D eigenvalue weighted by Gasteiger charge is 2.34. The maximum Gasteiger partial charge on any atom is 0.338 e. The largest absolute Gasteiger partial charge is 0.493 e. The van der Waals surface area contributed by atoms with Crippen molar-refractivity contribution in [3.63, 3.8) is 0 Å². The fourth-order valence-electron chi connectivity index (χ4n) is 3.91. The van der Waals surface area contributed by atoms with Gasteiger partial charge in [-0.05, 0) is 17.7 Å². The van der Waals surface area contributed by atoms with Crippen LogP contribution in [0.15, 0.2) is 42.1 Å². The van der Waals surface area contributed by atoms with E-state index in [9.17, 15) is 9.59 Å². The van der Waals surface area contributed by atoms with Crippen LogP contribution in [-0.4, -0.2) is 82.4 Å². The Morgan fingerprint density at radius 1 is 1.13 bits per heavy atom. The van der Waals surface area contributed by atoms with Gasteiger partial charge >= 0.3 is 12.0 Å². The van der Waals surface area contributed by atoms with Gasteiger partial charge in [0.15, 0.2) is 11.5 Å². The van der Waals surface area contributed by atoms with Crippen molar-refractivity contribution in [1.82, 2.24) is 20.4 Å². The van der Waals surface area contributed by atoms with Crippen molar-refractivity contribution < 1.29 is 23.8 Å². The van der Waals surface area contributed by atoms with E-state index >= 15 is 0 Å². The number of hydrogen-bond acceptors (Lipinski definition) is 7. The Labute approximate surface area is 182 Å². The normalized spacial score (nSPS) is 20.0. The molecule has 0 aliphatic carbocycles. The minimum Gasteiger partial charge on any atom is -0.493 e. The number of ether oxygens (including phenoxy) is 3. The van der Waals surface area contributed by atoms with E-state index in [0.717, 1.165) is 32.7 Å². The lowest BCUT2D eigenvalue weighted by atomic mass is 9.94. The summed E-state index contributed by atoms with van der Waals surface area (Å²) in [5, 5.41) is 5.65. The van der Waals surface area contributed by atoms with Gasteiger partial charge in [-0.2, -0.15) is 0 Å². The predicted molar refractivity (Wildman–Crippen MR) is 116 cm³/mol. The molecule has 1 aromatic carbocycles. The summed E-state index contributed by atoms with van der Waals surface area (Å²) in [7, 11) is 4.43. The van der Waals surface area contributed by atoms with Crippen LogP contribution in [0.1, 0.15) is 11.6 Å². The zero-order valence-electron chi connectivity index (χ0n) is 18.3. The number of nitrogens with zero attached hydrogens (tertiary/aromatic N) is 2. The van der Waals surface area contributed by atoms with Gasteiger partial charge in [-0.25, -0.2) is 9.59 Å². The third-order valence-electron chi connectivity index (χ3n) is 5.53. The highest BCUT2D eigenvalue weighted by molar-refractivity contribution is 5.95. The molecule has 1 unspecified atom stereocenters. The van der Waals surface area contributed by atoms with Crippen molar-refractivity contribution in [2.24, 2.45) is 0 Å². The third kappa shape index (κ3) is 5.18. The summed E-state index contributed by atoms with van der Waals surface area (Å²) in [4.78, 5) is 29.8. The standard InChI is InChI=1S/C22H30N4O5/c1-5-8-25-9-11-26(12-10-25)14-16-19(21(27)31-4)20(24-22(28)23-16)15-6-7-17(29-2)18(13-15)30-3/h5-7,13,20H,1,8-12,14H2,2-4H3,(H2,23,24,28). The van der Waals surface area contributed by atoms with Gasteiger partial charge < -0.3 is 24.8 Å². The van der Waals surface area contributed by atoms with Gasteiger partial charge in [0.25, 0.3) is 0 Å².